The van der Waals surface area contributed by atoms with E-state index in [2.05, 4.69) is 16.9 Å². The Labute approximate surface area is 74.1 Å². The topological polar surface area (TPSA) is 24.9 Å². The molecule has 2 nitrogen and oxygen atoms in total. The number of nitrogens with one attached hydrogen (secondary N) is 1. The zero-order valence-electron chi connectivity index (χ0n) is 7.81. The van der Waals surface area contributed by atoms with Gasteiger partial charge < -0.3 is 5.32 Å². The second-order valence-corrected chi connectivity index (χ2v) is 2.99. The van der Waals surface area contributed by atoms with Crippen LogP contribution in [0.1, 0.15) is 12.6 Å². The minimum absolute atomic E-state index is 0.934. The maximum absolute atomic E-state index is 4.32. The molecule has 0 atom stereocenters. The van der Waals surface area contributed by atoms with Crippen LogP contribution in [-0.2, 0) is 0 Å². The summed E-state index contributed by atoms with van der Waals surface area (Å²) in [4.78, 5) is 4.32. The molecule has 0 unspecified atom stereocenters. The molecule has 1 aromatic heterocycles. The first-order valence-electron chi connectivity index (χ1n) is 3.96. The Morgan fingerprint density at radius 3 is 2.75 bits per heavy atom. The molecule has 0 aliphatic heterocycles. The van der Waals surface area contributed by atoms with E-state index in [1.807, 2.05) is 33.8 Å². The van der Waals surface area contributed by atoms with E-state index in [1.165, 1.54) is 0 Å². The quantitative estimate of drug-likeness (QED) is 0.640. The van der Waals surface area contributed by atoms with Gasteiger partial charge in [-0.2, -0.15) is 0 Å². The van der Waals surface area contributed by atoms with Crippen LogP contribution in [-0.4, -0.2) is 12.8 Å². The van der Waals surface area contributed by atoms with Crippen molar-refractivity contribution in [3.8, 4) is 0 Å². The highest BCUT2D eigenvalue weighted by atomic mass is 14.9. The Hall–Kier alpha value is -1.25. The summed E-state index contributed by atoms with van der Waals surface area (Å²) in [6.07, 6.45) is 0. The zero-order chi connectivity index (χ0) is 9.14. The van der Waals surface area contributed by atoms with Crippen molar-refractivity contribution in [2.75, 3.05) is 5.32 Å². The number of anilines is 1. The number of nitrogens with zero attached hydrogens (tertiary/aromatic N) is 1. The van der Waals surface area contributed by atoms with Crippen molar-refractivity contribution in [2.45, 2.75) is 13.8 Å². The first-order valence-corrected chi connectivity index (χ1v) is 3.96. The fraction of sp³-hybridized carbons (Fsp3) is 0.222. The second kappa shape index (κ2) is 3.43. The summed E-state index contributed by atoms with van der Waals surface area (Å²) in [5, 5.41) is 3.14. The van der Waals surface area contributed by atoms with E-state index in [1.54, 1.807) is 0 Å². The normalized spacial score (nSPS) is 9.50. The predicted octanol–water partition coefficient (Wildman–Crippen LogP) is 0.594. The Morgan fingerprint density at radius 2 is 2.25 bits per heavy atom. The first-order chi connectivity index (χ1) is 5.59. The van der Waals surface area contributed by atoms with Gasteiger partial charge in [-0.3, -0.25) is 4.98 Å². The van der Waals surface area contributed by atoms with Crippen molar-refractivity contribution in [1.29, 1.82) is 0 Å². The lowest BCUT2D eigenvalue weighted by atomic mass is 10.0. The summed E-state index contributed by atoms with van der Waals surface area (Å²) in [6, 6.07) is 4.00. The number of allylic oxidation sites excluding steroid dienone is 1. The maximum Gasteiger partial charge on any atom is 0.163 e. The lowest BCUT2D eigenvalue weighted by molar-refractivity contribution is 1.22. The van der Waals surface area contributed by atoms with Crippen molar-refractivity contribution >= 4 is 19.1 Å². The molecule has 0 spiro atoms. The van der Waals surface area contributed by atoms with E-state index >= 15 is 0 Å². The molecule has 0 bridgehead atoms. The lowest BCUT2D eigenvalue weighted by Crippen LogP contribution is -2.10. The Bertz CT molecular complexity index is 307. The van der Waals surface area contributed by atoms with E-state index < -0.39 is 0 Å². The van der Waals surface area contributed by atoms with Crippen molar-refractivity contribution in [1.82, 2.24) is 4.98 Å². The van der Waals surface area contributed by atoms with Gasteiger partial charge in [0.15, 0.2) is 7.85 Å². The molecule has 1 N–H and O–H groups in total. The van der Waals surface area contributed by atoms with Gasteiger partial charge in [-0.05, 0) is 31.6 Å². The SMILES string of the molecule is Bc1ccc(NC(=C)C)c(C)n1. The molecule has 1 heterocycles. The van der Waals surface area contributed by atoms with Crippen LogP contribution in [0.5, 0.6) is 0 Å². The van der Waals surface area contributed by atoms with E-state index in [4.69, 9.17) is 0 Å². The van der Waals surface area contributed by atoms with Gasteiger partial charge in [0.05, 0.1) is 11.4 Å². The van der Waals surface area contributed by atoms with Crippen LogP contribution in [0.4, 0.5) is 5.69 Å². The van der Waals surface area contributed by atoms with E-state index in [0.29, 0.717) is 0 Å². The van der Waals surface area contributed by atoms with Gasteiger partial charge in [0.1, 0.15) is 0 Å². The number of rotatable bonds is 2. The average Bonchev–Trinajstić information content (AvgIpc) is 1.94. The number of aryl methyl sites for hydroxylation is 1. The summed E-state index contributed by atoms with van der Waals surface area (Å²) in [5.74, 6) is 0. The Kier molecular flexibility index (Phi) is 2.53. The molecule has 1 rings (SSSR count). The maximum atomic E-state index is 4.32. The molecule has 0 aliphatic rings. The van der Waals surface area contributed by atoms with E-state index in [9.17, 15) is 0 Å². The monoisotopic (exact) mass is 160 g/mol. The molecule has 0 fully saturated rings. The van der Waals surface area contributed by atoms with Gasteiger partial charge in [0.2, 0.25) is 0 Å². The van der Waals surface area contributed by atoms with Crippen molar-refractivity contribution < 1.29 is 0 Å². The van der Waals surface area contributed by atoms with Crippen molar-refractivity contribution in [2.24, 2.45) is 0 Å². The van der Waals surface area contributed by atoms with Gasteiger partial charge in [-0.25, -0.2) is 0 Å². The highest BCUT2D eigenvalue weighted by Crippen LogP contribution is 2.10. The fourth-order valence-electron chi connectivity index (χ4n) is 1.05. The third-order valence-corrected chi connectivity index (χ3v) is 1.57. The number of hydrogen-bond donors (Lipinski definition) is 1. The molecule has 3 heteroatoms. The summed E-state index contributed by atoms with van der Waals surface area (Å²) in [5.41, 5.74) is 4.02. The molecular weight excluding hydrogens is 147 g/mol. The molecule has 12 heavy (non-hydrogen) atoms. The van der Waals surface area contributed by atoms with Crippen LogP contribution in [0.15, 0.2) is 24.4 Å². The summed E-state index contributed by atoms with van der Waals surface area (Å²) in [6.45, 7) is 7.69. The summed E-state index contributed by atoms with van der Waals surface area (Å²) < 4.78 is 0. The molecule has 0 saturated heterocycles. The number of aromatic nitrogens is 1. The highest BCUT2D eigenvalue weighted by Gasteiger charge is 1.97. The average molecular weight is 160 g/mol. The Balaban J connectivity index is 2.93. The molecule has 0 aliphatic carbocycles. The second-order valence-electron chi connectivity index (χ2n) is 2.99. The fourth-order valence-corrected chi connectivity index (χ4v) is 1.05. The standard InChI is InChI=1S/C9H13BN2/c1-6(2)11-8-4-5-9(10)12-7(8)3/h4-5,11H,1,10H2,2-3H3. The molecule has 0 amide bonds. The van der Waals surface area contributed by atoms with E-state index in [0.717, 1.165) is 22.7 Å². The number of hydrogen-bond acceptors (Lipinski definition) is 2. The van der Waals surface area contributed by atoms with Crippen LogP contribution in [0.3, 0.4) is 0 Å². The van der Waals surface area contributed by atoms with Gasteiger partial charge in [0, 0.05) is 5.70 Å². The Morgan fingerprint density at radius 1 is 1.58 bits per heavy atom. The van der Waals surface area contributed by atoms with Crippen molar-refractivity contribution in [3.63, 3.8) is 0 Å². The van der Waals surface area contributed by atoms with Crippen molar-refractivity contribution in [3.05, 3.63) is 30.1 Å². The molecule has 1 aromatic rings. The predicted molar refractivity (Wildman–Crippen MR) is 55.6 cm³/mol. The molecule has 62 valence electrons. The van der Waals surface area contributed by atoms with Gasteiger partial charge in [-0.1, -0.05) is 6.58 Å². The van der Waals surface area contributed by atoms with E-state index in [-0.39, 0.29) is 0 Å². The van der Waals surface area contributed by atoms with Gasteiger partial charge in [0.25, 0.3) is 0 Å². The molecule has 0 radical (unpaired) electrons. The molecule has 0 aromatic carbocycles. The van der Waals surface area contributed by atoms with Crippen LogP contribution in [0.25, 0.3) is 0 Å². The molecule has 0 saturated carbocycles. The van der Waals surface area contributed by atoms with Crippen LogP contribution in [0, 0.1) is 6.92 Å². The summed E-state index contributed by atoms with van der Waals surface area (Å²) in [7, 11) is 1.98. The first kappa shape index (κ1) is 8.85. The van der Waals surface area contributed by atoms with Crippen LogP contribution < -0.4 is 10.9 Å². The lowest BCUT2D eigenvalue weighted by Gasteiger charge is -2.08. The third-order valence-electron chi connectivity index (χ3n) is 1.57. The van der Waals surface area contributed by atoms with Crippen LogP contribution >= 0.6 is 0 Å². The smallest absolute Gasteiger partial charge is 0.163 e. The zero-order valence-corrected chi connectivity index (χ0v) is 7.81. The molecular formula is C9H13BN2. The highest BCUT2D eigenvalue weighted by molar-refractivity contribution is 6.30. The number of pyridine rings is 1. The van der Waals surface area contributed by atoms with Crippen LogP contribution in [0.2, 0.25) is 0 Å². The van der Waals surface area contributed by atoms with Gasteiger partial charge in [-0.15, -0.1) is 0 Å². The largest absolute Gasteiger partial charge is 0.358 e. The summed E-state index contributed by atoms with van der Waals surface area (Å²) >= 11 is 0. The minimum atomic E-state index is 0.934. The van der Waals surface area contributed by atoms with Gasteiger partial charge >= 0.3 is 0 Å². The minimum Gasteiger partial charge on any atom is -0.358 e. The third kappa shape index (κ3) is 2.12.